The van der Waals surface area contributed by atoms with Crippen LogP contribution in [0.4, 0.5) is 0 Å². The molecule has 0 N–H and O–H groups in total. The third-order valence-electron chi connectivity index (χ3n) is 6.00. The fourth-order valence-electron chi connectivity index (χ4n) is 4.27. The molecule has 0 bridgehead atoms. The first kappa shape index (κ1) is 15.8. The molecule has 3 fully saturated rings. The maximum absolute atomic E-state index is 2.79. The van der Waals surface area contributed by atoms with Gasteiger partial charge in [0.25, 0.3) is 0 Å². The number of hydrogen-bond acceptors (Lipinski definition) is 3. The van der Waals surface area contributed by atoms with Crippen molar-refractivity contribution in [1.29, 1.82) is 0 Å². The van der Waals surface area contributed by atoms with Gasteiger partial charge in [0.2, 0.25) is 0 Å². The molecule has 2 atom stereocenters. The van der Waals surface area contributed by atoms with Gasteiger partial charge in [-0.05, 0) is 73.4 Å². The Morgan fingerprint density at radius 1 is 0.762 bits per heavy atom. The highest BCUT2D eigenvalue weighted by atomic mass is 15.5. The Hall–Kier alpha value is -0.120. The number of nitrogens with zero attached hydrogens (tertiary/aromatic N) is 3. The first-order chi connectivity index (χ1) is 9.66. The molecule has 21 heavy (non-hydrogen) atoms. The molecule has 3 heteroatoms. The minimum Gasteiger partial charge on any atom is -0.298 e. The van der Waals surface area contributed by atoms with Gasteiger partial charge >= 0.3 is 0 Å². The number of hydrogen-bond donors (Lipinski definition) is 0. The molecule has 0 aliphatic carbocycles. The van der Waals surface area contributed by atoms with Crippen LogP contribution in [0, 0.1) is 5.92 Å². The quantitative estimate of drug-likeness (QED) is 0.725. The van der Waals surface area contributed by atoms with Crippen LogP contribution in [-0.2, 0) is 0 Å². The van der Waals surface area contributed by atoms with E-state index in [1.165, 1.54) is 45.6 Å². The lowest BCUT2D eigenvalue weighted by molar-refractivity contribution is 0.0775. The van der Waals surface area contributed by atoms with Gasteiger partial charge in [0.15, 0.2) is 0 Å². The summed E-state index contributed by atoms with van der Waals surface area (Å²) in [5.74, 6) is 0.942. The largest absolute Gasteiger partial charge is 0.298 e. The van der Waals surface area contributed by atoms with Gasteiger partial charge in [-0.3, -0.25) is 14.7 Å². The summed E-state index contributed by atoms with van der Waals surface area (Å²) >= 11 is 0. The minimum atomic E-state index is 0.356. The molecule has 2 unspecified atom stereocenters. The lowest BCUT2D eigenvalue weighted by atomic mass is 9.93. The van der Waals surface area contributed by atoms with Crippen LogP contribution in [0.25, 0.3) is 0 Å². The molecule has 0 spiro atoms. The SMILES string of the molecule is CC(C)(C)N1CCC(CN2C3CN(C(C)(C)C)CC32)CC1. The minimum absolute atomic E-state index is 0.356. The summed E-state index contributed by atoms with van der Waals surface area (Å²) in [5.41, 5.74) is 0.714. The van der Waals surface area contributed by atoms with Crippen molar-refractivity contribution in [2.45, 2.75) is 77.5 Å². The second-order valence-electron chi connectivity index (χ2n) is 9.51. The van der Waals surface area contributed by atoms with Crippen molar-refractivity contribution in [1.82, 2.24) is 14.7 Å². The van der Waals surface area contributed by atoms with Crippen molar-refractivity contribution < 1.29 is 0 Å². The van der Waals surface area contributed by atoms with E-state index in [1.54, 1.807) is 0 Å². The van der Waals surface area contributed by atoms with E-state index in [2.05, 4.69) is 56.2 Å². The van der Waals surface area contributed by atoms with Crippen molar-refractivity contribution >= 4 is 0 Å². The number of fused-ring (bicyclic) bond motifs is 1. The topological polar surface area (TPSA) is 9.49 Å². The predicted molar refractivity (Wildman–Crippen MR) is 89.7 cm³/mol. The molecule has 3 rings (SSSR count). The van der Waals surface area contributed by atoms with Gasteiger partial charge in [-0.1, -0.05) is 0 Å². The van der Waals surface area contributed by atoms with Crippen LogP contribution < -0.4 is 0 Å². The molecular formula is C18H35N3. The Bertz CT molecular complexity index is 347. The van der Waals surface area contributed by atoms with Gasteiger partial charge in [0.1, 0.15) is 0 Å². The van der Waals surface area contributed by atoms with E-state index in [4.69, 9.17) is 0 Å². The third kappa shape index (κ3) is 3.30. The van der Waals surface area contributed by atoms with Crippen LogP contribution in [0.5, 0.6) is 0 Å². The van der Waals surface area contributed by atoms with Gasteiger partial charge in [0, 0.05) is 42.8 Å². The zero-order chi connectivity index (χ0) is 15.4. The summed E-state index contributed by atoms with van der Waals surface area (Å²) in [6, 6.07) is 1.76. The normalized spacial score (nSPS) is 36.0. The standard InChI is InChI=1S/C18H35N3/c1-17(2,3)19-9-7-14(8-10-19)11-21-15-12-20(13-16(15)21)18(4,5)6/h14-16H,7-13H2,1-6H3. The summed E-state index contributed by atoms with van der Waals surface area (Å²) in [4.78, 5) is 8.12. The van der Waals surface area contributed by atoms with Crippen molar-refractivity contribution in [3.05, 3.63) is 0 Å². The fourth-order valence-corrected chi connectivity index (χ4v) is 4.27. The molecule has 0 amide bonds. The Kier molecular flexibility index (Phi) is 3.91. The van der Waals surface area contributed by atoms with E-state index in [-0.39, 0.29) is 0 Å². The van der Waals surface area contributed by atoms with E-state index < -0.39 is 0 Å². The fraction of sp³-hybridized carbons (Fsp3) is 1.00. The maximum atomic E-state index is 2.79. The van der Waals surface area contributed by atoms with Crippen LogP contribution in [0.3, 0.4) is 0 Å². The molecule has 0 saturated carbocycles. The van der Waals surface area contributed by atoms with Crippen LogP contribution in [0.1, 0.15) is 54.4 Å². The second-order valence-corrected chi connectivity index (χ2v) is 9.51. The lowest BCUT2D eigenvalue weighted by Crippen LogP contribution is -2.47. The van der Waals surface area contributed by atoms with Crippen molar-refractivity contribution in [3.8, 4) is 0 Å². The van der Waals surface area contributed by atoms with Gasteiger partial charge in [0.05, 0.1) is 0 Å². The van der Waals surface area contributed by atoms with Gasteiger partial charge in [-0.2, -0.15) is 0 Å². The molecule has 0 radical (unpaired) electrons. The first-order valence-corrected chi connectivity index (χ1v) is 8.92. The van der Waals surface area contributed by atoms with E-state index in [9.17, 15) is 0 Å². The Labute approximate surface area is 131 Å². The van der Waals surface area contributed by atoms with Crippen LogP contribution in [0.2, 0.25) is 0 Å². The van der Waals surface area contributed by atoms with Crippen molar-refractivity contribution in [2.75, 3.05) is 32.7 Å². The number of piperidine rings is 1. The Balaban J connectivity index is 1.42. The summed E-state index contributed by atoms with van der Waals surface area (Å²) in [7, 11) is 0. The molecule has 3 heterocycles. The molecule has 0 aromatic rings. The molecule has 0 aromatic heterocycles. The summed E-state index contributed by atoms with van der Waals surface area (Å²) in [6.07, 6.45) is 2.80. The van der Waals surface area contributed by atoms with Crippen molar-refractivity contribution in [3.63, 3.8) is 0 Å². The zero-order valence-electron chi connectivity index (χ0n) is 15.0. The predicted octanol–water partition coefficient (Wildman–Crippen LogP) is 2.66. The van der Waals surface area contributed by atoms with Crippen LogP contribution in [-0.4, -0.2) is 70.6 Å². The highest BCUT2D eigenvalue weighted by Crippen LogP contribution is 2.40. The Morgan fingerprint density at radius 3 is 1.67 bits per heavy atom. The van der Waals surface area contributed by atoms with Crippen LogP contribution in [0.15, 0.2) is 0 Å². The second kappa shape index (κ2) is 5.21. The summed E-state index contributed by atoms with van der Waals surface area (Å²) in [6.45, 7) is 20.7. The number of likely N-dealkylation sites (tertiary alicyclic amines) is 2. The van der Waals surface area contributed by atoms with Crippen molar-refractivity contribution in [2.24, 2.45) is 5.92 Å². The smallest absolute Gasteiger partial charge is 0.0395 e. The molecule has 3 aliphatic heterocycles. The summed E-state index contributed by atoms with van der Waals surface area (Å²) in [5, 5.41) is 0. The summed E-state index contributed by atoms with van der Waals surface area (Å²) < 4.78 is 0. The highest BCUT2D eigenvalue weighted by molar-refractivity contribution is 5.12. The van der Waals surface area contributed by atoms with Gasteiger partial charge in [-0.25, -0.2) is 0 Å². The number of piperazine rings is 1. The van der Waals surface area contributed by atoms with Gasteiger partial charge < -0.3 is 0 Å². The monoisotopic (exact) mass is 293 g/mol. The number of rotatable bonds is 2. The zero-order valence-corrected chi connectivity index (χ0v) is 15.0. The molecule has 3 aliphatic rings. The average molecular weight is 293 g/mol. The van der Waals surface area contributed by atoms with E-state index in [1.807, 2.05) is 0 Å². The molecule has 3 saturated heterocycles. The average Bonchev–Trinajstić information content (AvgIpc) is 2.82. The molecule has 0 aromatic carbocycles. The Morgan fingerprint density at radius 2 is 1.24 bits per heavy atom. The highest BCUT2D eigenvalue weighted by Gasteiger charge is 2.55. The van der Waals surface area contributed by atoms with E-state index in [0.29, 0.717) is 11.1 Å². The van der Waals surface area contributed by atoms with E-state index >= 15 is 0 Å². The molecular weight excluding hydrogens is 258 g/mol. The molecule has 3 nitrogen and oxygen atoms in total. The van der Waals surface area contributed by atoms with E-state index in [0.717, 1.165) is 18.0 Å². The van der Waals surface area contributed by atoms with Gasteiger partial charge in [-0.15, -0.1) is 0 Å². The molecule has 122 valence electrons. The third-order valence-corrected chi connectivity index (χ3v) is 6.00. The first-order valence-electron chi connectivity index (χ1n) is 8.92. The lowest BCUT2D eigenvalue weighted by Gasteiger charge is -2.41. The maximum Gasteiger partial charge on any atom is 0.0395 e. The van der Waals surface area contributed by atoms with Crippen LogP contribution >= 0.6 is 0 Å².